The number of nitrogens with zero attached hydrogens (tertiary/aromatic N) is 1. The normalized spacial score (nSPS) is 17.8. The Morgan fingerprint density at radius 2 is 1.93 bits per heavy atom. The zero-order valence-corrected chi connectivity index (χ0v) is 16.8. The Labute approximate surface area is 166 Å². The summed E-state index contributed by atoms with van der Waals surface area (Å²) < 4.78 is 32.7. The van der Waals surface area contributed by atoms with Gasteiger partial charge >= 0.3 is 0 Å². The van der Waals surface area contributed by atoms with E-state index in [-0.39, 0.29) is 23.3 Å². The Bertz CT molecular complexity index is 900. The van der Waals surface area contributed by atoms with E-state index < -0.39 is 10.0 Å². The lowest BCUT2D eigenvalue weighted by Crippen LogP contribution is -2.45. The number of rotatable bonds is 7. The molecule has 1 atom stereocenters. The number of hydrogen-bond donors (Lipinski definition) is 1. The highest BCUT2D eigenvalue weighted by atomic mass is 32.2. The molecule has 28 heavy (non-hydrogen) atoms. The summed E-state index contributed by atoms with van der Waals surface area (Å²) >= 11 is 0. The van der Waals surface area contributed by atoms with Crippen molar-refractivity contribution in [2.75, 3.05) is 13.7 Å². The molecule has 3 rings (SSSR count). The van der Waals surface area contributed by atoms with Gasteiger partial charge in [0.1, 0.15) is 5.75 Å². The lowest BCUT2D eigenvalue weighted by molar-refractivity contribution is -0.122. The second-order valence-corrected chi connectivity index (χ2v) is 8.80. The second-order valence-electron chi connectivity index (χ2n) is 6.91. The fraction of sp³-hybridized carbons (Fsp3) is 0.381. The number of carbonyl (C=O) groups is 1. The number of sulfonamides is 1. The molecule has 1 N–H and O–H groups in total. The largest absolute Gasteiger partial charge is 0.497 e. The third kappa shape index (κ3) is 4.91. The van der Waals surface area contributed by atoms with Crippen molar-refractivity contribution in [2.24, 2.45) is 0 Å². The molecule has 2 aromatic rings. The highest BCUT2D eigenvalue weighted by Crippen LogP contribution is 2.27. The standard InChI is InChI=1S/C21H26N2O4S/c1-27-19-10-7-8-17(14-19)16-22-21(24)15-18-9-5-6-13-23(18)28(25,26)20-11-3-2-4-12-20/h2-4,7-8,10-12,14,18H,5-6,9,13,15-16H2,1H3,(H,22,24)/t18-/m0/s1. The van der Waals surface area contributed by atoms with E-state index in [1.807, 2.05) is 24.3 Å². The van der Waals surface area contributed by atoms with Crippen LogP contribution in [0.5, 0.6) is 5.75 Å². The van der Waals surface area contributed by atoms with Crippen LogP contribution in [0.1, 0.15) is 31.2 Å². The minimum Gasteiger partial charge on any atom is -0.497 e. The molecule has 1 fully saturated rings. The van der Waals surface area contributed by atoms with E-state index in [1.165, 1.54) is 4.31 Å². The molecule has 0 aliphatic carbocycles. The van der Waals surface area contributed by atoms with Gasteiger partial charge in [0.15, 0.2) is 0 Å². The van der Waals surface area contributed by atoms with Crippen molar-refractivity contribution in [3.8, 4) is 5.75 Å². The topological polar surface area (TPSA) is 75.7 Å². The third-order valence-electron chi connectivity index (χ3n) is 4.97. The number of methoxy groups -OCH3 is 1. The first kappa shape index (κ1) is 20.4. The Morgan fingerprint density at radius 3 is 2.68 bits per heavy atom. The maximum Gasteiger partial charge on any atom is 0.243 e. The summed E-state index contributed by atoms with van der Waals surface area (Å²) in [6.45, 7) is 0.833. The Balaban J connectivity index is 1.65. The first-order valence-corrected chi connectivity index (χ1v) is 10.9. The minimum atomic E-state index is -3.60. The van der Waals surface area contributed by atoms with Crippen LogP contribution in [0.3, 0.4) is 0 Å². The van der Waals surface area contributed by atoms with Crippen LogP contribution in [0, 0.1) is 0 Å². The van der Waals surface area contributed by atoms with E-state index in [9.17, 15) is 13.2 Å². The second kappa shape index (κ2) is 9.21. The summed E-state index contributed by atoms with van der Waals surface area (Å²) in [5.41, 5.74) is 0.935. The molecule has 1 amide bonds. The van der Waals surface area contributed by atoms with Crippen LogP contribution < -0.4 is 10.1 Å². The number of carbonyl (C=O) groups excluding carboxylic acids is 1. The van der Waals surface area contributed by atoms with Gasteiger partial charge in [0.05, 0.1) is 12.0 Å². The van der Waals surface area contributed by atoms with Gasteiger partial charge in [-0.15, -0.1) is 0 Å². The van der Waals surface area contributed by atoms with Crippen LogP contribution in [0.15, 0.2) is 59.5 Å². The average molecular weight is 403 g/mol. The third-order valence-corrected chi connectivity index (χ3v) is 6.93. The fourth-order valence-electron chi connectivity index (χ4n) is 3.49. The van der Waals surface area contributed by atoms with Gasteiger partial charge in [-0.2, -0.15) is 4.31 Å². The van der Waals surface area contributed by atoms with Crippen LogP contribution in [0.25, 0.3) is 0 Å². The van der Waals surface area contributed by atoms with Crippen LogP contribution in [-0.2, 0) is 21.4 Å². The minimum absolute atomic E-state index is 0.150. The summed E-state index contributed by atoms with van der Waals surface area (Å²) in [4.78, 5) is 12.8. The molecule has 0 unspecified atom stereocenters. The van der Waals surface area contributed by atoms with Crippen molar-refractivity contribution in [1.29, 1.82) is 0 Å². The van der Waals surface area contributed by atoms with E-state index in [1.54, 1.807) is 37.4 Å². The van der Waals surface area contributed by atoms with Gasteiger partial charge in [-0.25, -0.2) is 8.42 Å². The lowest BCUT2D eigenvalue weighted by Gasteiger charge is -2.34. The molecule has 1 saturated heterocycles. The van der Waals surface area contributed by atoms with E-state index >= 15 is 0 Å². The summed E-state index contributed by atoms with van der Waals surface area (Å²) in [5.74, 6) is 0.585. The molecular weight excluding hydrogens is 376 g/mol. The van der Waals surface area contributed by atoms with Gasteiger partial charge in [0.25, 0.3) is 0 Å². The maximum atomic E-state index is 13.0. The number of amides is 1. The molecule has 2 aromatic carbocycles. The van der Waals surface area contributed by atoms with Gasteiger partial charge in [0.2, 0.25) is 15.9 Å². The summed E-state index contributed by atoms with van der Waals surface area (Å²) in [5, 5.41) is 2.89. The highest BCUT2D eigenvalue weighted by molar-refractivity contribution is 7.89. The number of piperidine rings is 1. The molecule has 0 bridgehead atoms. The number of ether oxygens (including phenoxy) is 1. The molecule has 0 radical (unpaired) electrons. The van der Waals surface area contributed by atoms with Gasteiger partial charge in [-0.3, -0.25) is 4.79 Å². The molecule has 6 nitrogen and oxygen atoms in total. The molecule has 150 valence electrons. The Kier molecular flexibility index (Phi) is 6.70. The highest BCUT2D eigenvalue weighted by Gasteiger charge is 2.34. The predicted octanol–water partition coefficient (Wildman–Crippen LogP) is 2.94. The van der Waals surface area contributed by atoms with Crippen molar-refractivity contribution >= 4 is 15.9 Å². The lowest BCUT2D eigenvalue weighted by atomic mass is 10.0. The average Bonchev–Trinajstić information content (AvgIpc) is 2.73. The molecule has 0 aromatic heterocycles. The van der Waals surface area contributed by atoms with E-state index in [4.69, 9.17) is 4.74 Å². The number of nitrogens with one attached hydrogen (secondary N) is 1. The van der Waals surface area contributed by atoms with Gasteiger partial charge in [-0.05, 0) is 42.7 Å². The Hall–Kier alpha value is -2.38. The first-order valence-electron chi connectivity index (χ1n) is 9.47. The van der Waals surface area contributed by atoms with Gasteiger partial charge in [-0.1, -0.05) is 36.8 Å². The van der Waals surface area contributed by atoms with Crippen molar-refractivity contribution < 1.29 is 17.9 Å². The van der Waals surface area contributed by atoms with Crippen molar-refractivity contribution in [3.05, 3.63) is 60.2 Å². The van der Waals surface area contributed by atoms with Crippen LogP contribution in [0.2, 0.25) is 0 Å². The number of hydrogen-bond acceptors (Lipinski definition) is 4. The van der Waals surface area contributed by atoms with Crippen molar-refractivity contribution in [1.82, 2.24) is 9.62 Å². The zero-order chi connectivity index (χ0) is 20.0. The smallest absolute Gasteiger partial charge is 0.243 e. The summed E-state index contributed by atoms with van der Waals surface area (Å²) in [7, 11) is -2.00. The van der Waals surface area contributed by atoms with Crippen molar-refractivity contribution in [2.45, 2.75) is 43.2 Å². The summed E-state index contributed by atoms with van der Waals surface area (Å²) in [6, 6.07) is 15.6. The molecular formula is C21H26N2O4S. The quantitative estimate of drug-likeness (QED) is 0.773. The summed E-state index contributed by atoms with van der Waals surface area (Å²) in [6.07, 6.45) is 2.59. The van der Waals surface area contributed by atoms with E-state index in [2.05, 4.69) is 5.32 Å². The van der Waals surface area contributed by atoms with E-state index in [0.29, 0.717) is 19.5 Å². The first-order chi connectivity index (χ1) is 13.5. The molecule has 1 aliphatic heterocycles. The Morgan fingerprint density at radius 1 is 1.14 bits per heavy atom. The van der Waals surface area contributed by atoms with Crippen LogP contribution >= 0.6 is 0 Å². The van der Waals surface area contributed by atoms with Crippen LogP contribution in [0.4, 0.5) is 0 Å². The molecule has 1 aliphatic rings. The SMILES string of the molecule is COc1cccc(CNC(=O)C[C@@H]2CCCCN2S(=O)(=O)c2ccccc2)c1. The molecule has 7 heteroatoms. The van der Waals surface area contributed by atoms with Gasteiger partial charge in [0, 0.05) is 25.6 Å². The maximum absolute atomic E-state index is 13.0. The fourth-order valence-corrected chi connectivity index (χ4v) is 5.21. The van der Waals surface area contributed by atoms with E-state index in [0.717, 1.165) is 24.2 Å². The number of benzene rings is 2. The zero-order valence-electron chi connectivity index (χ0n) is 16.0. The van der Waals surface area contributed by atoms with Gasteiger partial charge < -0.3 is 10.1 Å². The molecule has 0 saturated carbocycles. The molecule has 0 spiro atoms. The van der Waals surface area contributed by atoms with Crippen LogP contribution in [-0.4, -0.2) is 38.3 Å². The van der Waals surface area contributed by atoms with Crippen molar-refractivity contribution in [3.63, 3.8) is 0 Å². The molecule has 1 heterocycles. The monoisotopic (exact) mass is 402 g/mol. The predicted molar refractivity (Wildman–Crippen MR) is 107 cm³/mol.